The third kappa shape index (κ3) is 2.79. The Morgan fingerprint density at radius 3 is 3.15 bits per heavy atom. The summed E-state index contributed by atoms with van der Waals surface area (Å²) in [5, 5.41) is 5.22. The van der Waals surface area contributed by atoms with Crippen LogP contribution in [0.2, 0.25) is 0 Å². The second-order valence-electron chi connectivity index (χ2n) is 5.18. The maximum atomic E-state index is 5.25. The van der Waals surface area contributed by atoms with E-state index in [0.717, 1.165) is 28.5 Å². The lowest BCUT2D eigenvalue weighted by molar-refractivity contribution is 0.415. The molecule has 1 heterocycles. The predicted molar refractivity (Wildman–Crippen MR) is 83.6 cm³/mol. The van der Waals surface area contributed by atoms with E-state index in [1.165, 1.54) is 19.3 Å². The third-order valence-corrected chi connectivity index (χ3v) is 5.13. The first kappa shape index (κ1) is 13.8. The van der Waals surface area contributed by atoms with Gasteiger partial charge in [0.15, 0.2) is 5.16 Å². The van der Waals surface area contributed by atoms with E-state index in [4.69, 9.17) is 4.74 Å². The minimum Gasteiger partial charge on any atom is -0.497 e. The van der Waals surface area contributed by atoms with Gasteiger partial charge in [0, 0.05) is 17.4 Å². The van der Waals surface area contributed by atoms with E-state index in [1.807, 2.05) is 30.0 Å². The quantitative estimate of drug-likeness (QED) is 0.888. The Kier molecular flexibility index (Phi) is 4.17. The lowest BCUT2D eigenvalue weighted by Gasteiger charge is -2.18. The SMILES string of the molecule is CCNC1CCCC1Sc1nc2ccc(OC)cc2[nH]1. The molecule has 5 heteroatoms. The Morgan fingerprint density at radius 1 is 1.45 bits per heavy atom. The number of fused-ring (bicyclic) bond motifs is 1. The van der Waals surface area contributed by atoms with Crippen LogP contribution in [0, 0.1) is 0 Å². The van der Waals surface area contributed by atoms with E-state index in [2.05, 4.69) is 22.2 Å². The molecule has 1 aromatic carbocycles. The van der Waals surface area contributed by atoms with Crippen molar-refractivity contribution in [2.75, 3.05) is 13.7 Å². The molecule has 108 valence electrons. The van der Waals surface area contributed by atoms with Gasteiger partial charge in [-0.05, 0) is 31.5 Å². The Balaban J connectivity index is 1.77. The molecule has 1 fully saturated rings. The van der Waals surface area contributed by atoms with E-state index in [-0.39, 0.29) is 0 Å². The minimum absolute atomic E-state index is 0.618. The highest BCUT2D eigenvalue weighted by molar-refractivity contribution is 7.99. The van der Waals surface area contributed by atoms with Crippen LogP contribution >= 0.6 is 11.8 Å². The summed E-state index contributed by atoms with van der Waals surface area (Å²) >= 11 is 1.87. The molecule has 0 aliphatic heterocycles. The van der Waals surface area contributed by atoms with Gasteiger partial charge >= 0.3 is 0 Å². The van der Waals surface area contributed by atoms with Crippen molar-refractivity contribution in [2.45, 2.75) is 42.6 Å². The van der Waals surface area contributed by atoms with Crippen molar-refractivity contribution in [1.29, 1.82) is 0 Å². The van der Waals surface area contributed by atoms with Gasteiger partial charge in [-0.3, -0.25) is 0 Å². The van der Waals surface area contributed by atoms with Crippen LogP contribution < -0.4 is 10.1 Å². The topological polar surface area (TPSA) is 49.9 Å². The van der Waals surface area contributed by atoms with Gasteiger partial charge in [-0.1, -0.05) is 25.1 Å². The van der Waals surface area contributed by atoms with Crippen LogP contribution in [0.1, 0.15) is 26.2 Å². The van der Waals surface area contributed by atoms with Gasteiger partial charge in [-0.15, -0.1) is 0 Å². The van der Waals surface area contributed by atoms with Crippen molar-refractivity contribution in [3.63, 3.8) is 0 Å². The van der Waals surface area contributed by atoms with Gasteiger partial charge < -0.3 is 15.0 Å². The summed E-state index contributed by atoms with van der Waals surface area (Å²) < 4.78 is 5.25. The Bertz CT molecular complexity index is 584. The molecule has 20 heavy (non-hydrogen) atoms. The summed E-state index contributed by atoms with van der Waals surface area (Å²) in [6, 6.07) is 6.58. The van der Waals surface area contributed by atoms with Crippen molar-refractivity contribution in [3.05, 3.63) is 18.2 Å². The van der Waals surface area contributed by atoms with Crippen LogP contribution in [0.4, 0.5) is 0 Å². The number of benzene rings is 1. The zero-order chi connectivity index (χ0) is 13.9. The van der Waals surface area contributed by atoms with Gasteiger partial charge in [-0.2, -0.15) is 0 Å². The molecular weight excluding hydrogens is 270 g/mol. The molecule has 1 aliphatic carbocycles. The standard InChI is InChI=1S/C15H21N3OS/c1-3-16-12-5-4-6-14(12)20-15-17-11-8-7-10(19-2)9-13(11)18-15/h7-9,12,14,16H,3-6H2,1-2H3,(H,17,18). The second kappa shape index (κ2) is 6.06. The molecule has 2 N–H and O–H groups in total. The van der Waals surface area contributed by atoms with Crippen LogP contribution in [0.3, 0.4) is 0 Å². The molecule has 3 rings (SSSR count). The number of ether oxygens (including phenoxy) is 1. The molecule has 0 saturated heterocycles. The number of imidazole rings is 1. The second-order valence-corrected chi connectivity index (χ2v) is 6.40. The van der Waals surface area contributed by atoms with Gasteiger partial charge in [0.25, 0.3) is 0 Å². The van der Waals surface area contributed by atoms with Gasteiger partial charge in [-0.25, -0.2) is 4.98 Å². The zero-order valence-electron chi connectivity index (χ0n) is 12.0. The summed E-state index contributed by atoms with van der Waals surface area (Å²) in [6.45, 7) is 3.21. The Morgan fingerprint density at radius 2 is 2.35 bits per heavy atom. The summed E-state index contributed by atoms with van der Waals surface area (Å²) in [7, 11) is 1.69. The van der Waals surface area contributed by atoms with Crippen molar-refractivity contribution in [3.8, 4) is 5.75 Å². The first-order valence-corrected chi connectivity index (χ1v) is 8.12. The lowest BCUT2D eigenvalue weighted by atomic mass is 10.2. The number of nitrogens with zero attached hydrogens (tertiary/aromatic N) is 1. The molecule has 2 atom stereocenters. The largest absolute Gasteiger partial charge is 0.497 e. The van der Waals surface area contributed by atoms with Crippen molar-refractivity contribution in [1.82, 2.24) is 15.3 Å². The molecule has 0 amide bonds. The number of aromatic amines is 1. The van der Waals surface area contributed by atoms with Crippen molar-refractivity contribution < 1.29 is 4.74 Å². The number of hydrogen-bond acceptors (Lipinski definition) is 4. The molecule has 0 bridgehead atoms. The van der Waals surface area contributed by atoms with Gasteiger partial charge in [0.2, 0.25) is 0 Å². The number of methoxy groups -OCH3 is 1. The van der Waals surface area contributed by atoms with Crippen LogP contribution in [-0.4, -0.2) is 34.9 Å². The predicted octanol–water partition coefficient (Wildman–Crippen LogP) is 3.19. The molecule has 4 nitrogen and oxygen atoms in total. The fourth-order valence-corrected chi connectivity index (χ4v) is 4.14. The normalized spacial score (nSPS) is 22.5. The highest BCUT2D eigenvalue weighted by atomic mass is 32.2. The first-order chi connectivity index (χ1) is 9.80. The van der Waals surface area contributed by atoms with Crippen molar-refractivity contribution >= 4 is 22.8 Å². The molecule has 1 aromatic heterocycles. The third-order valence-electron chi connectivity index (χ3n) is 3.85. The van der Waals surface area contributed by atoms with Crippen LogP contribution in [0.5, 0.6) is 5.75 Å². The summed E-state index contributed by atoms with van der Waals surface area (Å²) in [5.41, 5.74) is 2.05. The Labute approximate surface area is 123 Å². The van der Waals surface area contributed by atoms with E-state index < -0.39 is 0 Å². The fraction of sp³-hybridized carbons (Fsp3) is 0.533. The van der Waals surface area contributed by atoms with Crippen LogP contribution in [0.15, 0.2) is 23.4 Å². The number of nitrogens with one attached hydrogen (secondary N) is 2. The smallest absolute Gasteiger partial charge is 0.166 e. The highest BCUT2D eigenvalue weighted by Crippen LogP contribution is 2.34. The Hall–Kier alpha value is -1.20. The van der Waals surface area contributed by atoms with E-state index in [1.54, 1.807) is 7.11 Å². The van der Waals surface area contributed by atoms with E-state index >= 15 is 0 Å². The maximum absolute atomic E-state index is 5.25. The molecular formula is C15H21N3OS. The lowest BCUT2D eigenvalue weighted by Crippen LogP contribution is -2.33. The monoisotopic (exact) mass is 291 g/mol. The molecule has 0 spiro atoms. The van der Waals surface area contributed by atoms with E-state index in [0.29, 0.717) is 11.3 Å². The number of aromatic nitrogens is 2. The van der Waals surface area contributed by atoms with Crippen molar-refractivity contribution in [2.24, 2.45) is 0 Å². The van der Waals surface area contributed by atoms with Gasteiger partial charge in [0.05, 0.1) is 18.1 Å². The minimum atomic E-state index is 0.618. The summed E-state index contributed by atoms with van der Waals surface area (Å²) in [4.78, 5) is 8.07. The maximum Gasteiger partial charge on any atom is 0.166 e. The highest BCUT2D eigenvalue weighted by Gasteiger charge is 2.28. The fourth-order valence-electron chi connectivity index (χ4n) is 2.85. The molecule has 1 aliphatic rings. The number of rotatable bonds is 5. The zero-order valence-corrected chi connectivity index (χ0v) is 12.8. The summed E-state index contributed by atoms with van der Waals surface area (Å²) in [5.74, 6) is 0.865. The average molecular weight is 291 g/mol. The molecule has 2 unspecified atom stereocenters. The van der Waals surface area contributed by atoms with Gasteiger partial charge in [0.1, 0.15) is 5.75 Å². The number of H-pyrrole nitrogens is 1. The number of thioether (sulfide) groups is 1. The van der Waals surface area contributed by atoms with Crippen LogP contribution in [0.25, 0.3) is 11.0 Å². The average Bonchev–Trinajstić information content (AvgIpc) is 3.05. The van der Waals surface area contributed by atoms with E-state index in [9.17, 15) is 0 Å². The number of hydrogen-bond donors (Lipinski definition) is 2. The first-order valence-electron chi connectivity index (χ1n) is 7.24. The summed E-state index contributed by atoms with van der Waals surface area (Å²) in [6.07, 6.45) is 3.85. The molecule has 0 radical (unpaired) electrons. The molecule has 2 aromatic rings. The van der Waals surface area contributed by atoms with Crippen LogP contribution in [-0.2, 0) is 0 Å². The molecule has 1 saturated carbocycles.